The van der Waals surface area contributed by atoms with E-state index in [1.807, 2.05) is 22.9 Å². The molecule has 2 heterocycles. The molecule has 0 spiro atoms. The molecule has 2 rings (SSSR count). The maximum Gasteiger partial charge on any atom is 0.185 e. The lowest BCUT2D eigenvalue weighted by molar-refractivity contribution is 0.0938. The number of fused-ring (bicyclic) bond motifs is 1. The van der Waals surface area contributed by atoms with Gasteiger partial charge in [0.25, 0.3) is 0 Å². The van der Waals surface area contributed by atoms with Crippen LogP contribution in [0.15, 0.2) is 18.3 Å². The molecule has 3 heteroatoms. The van der Waals surface area contributed by atoms with Crippen LogP contribution in [0.2, 0.25) is 0 Å². The van der Waals surface area contributed by atoms with Gasteiger partial charge in [0.15, 0.2) is 5.78 Å². The zero-order valence-electron chi connectivity index (χ0n) is 6.53. The third-order valence-corrected chi connectivity index (χ3v) is 2.21. The first-order valence-corrected chi connectivity index (χ1v) is 3.89. The smallest absolute Gasteiger partial charge is 0.185 e. The highest BCUT2D eigenvalue weighted by molar-refractivity contribution is 5.98. The summed E-state index contributed by atoms with van der Waals surface area (Å²) in [7, 11) is 0. The van der Waals surface area contributed by atoms with Crippen molar-refractivity contribution in [3.63, 3.8) is 0 Å². The van der Waals surface area contributed by atoms with Crippen LogP contribution in [0.3, 0.4) is 0 Å². The molecule has 0 saturated heterocycles. The van der Waals surface area contributed by atoms with E-state index in [4.69, 9.17) is 5.26 Å². The quantitative estimate of drug-likeness (QED) is 0.620. The first-order valence-electron chi connectivity index (χ1n) is 3.89. The van der Waals surface area contributed by atoms with Crippen LogP contribution in [0.4, 0.5) is 0 Å². The highest BCUT2D eigenvalue weighted by Crippen LogP contribution is 2.22. The summed E-state index contributed by atoms with van der Waals surface area (Å²) in [6.07, 6.45) is 2.21. The maximum atomic E-state index is 11.5. The third-order valence-electron chi connectivity index (χ3n) is 2.21. The van der Waals surface area contributed by atoms with E-state index >= 15 is 0 Å². The van der Waals surface area contributed by atoms with Crippen molar-refractivity contribution in [3.05, 3.63) is 24.0 Å². The summed E-state index contributed by atoms with van der Waals surface area (Å²) < 4.78 is 1.91. The van der Waals surface area contributed by atoms with Crippen molar-refractivity contribution < 1.29 is 4.79 Å². The Morgan fingerprint density at radius 3 is 3.25 bits per heavy atom. The molecular weight excluding hydrogens is 152 g/mol. The van der Waals surface area contributed by atoms with E-state index in [0.29, 0.717) is 13.0 Å². The molecule has 1 atom stereocenters. The van der Waals surface area contributed by atoms with Gasteiger partial charge in [-0.15, -0.1) is 0 Å². The predicted molar refractivity (Wildman–Crippen MR) is 42.5 cm³/mol. The van der Waals surface area contributed by atoms with Gasteiger partial charge in [0, 0.05) is 19.2 Å². The molecule has 1 aromatic heterocycles. The number of carbonyl (C=O) groups excluding carboxylic acids is 1. The lowest BCUT2D eigenvalue weighted by Gasteiger charge is -1.98. The van der Waals surface area contributed by atoms with E-state index in [2.05, 4.69) is 0 Å². The summed E-state index contributed by atoms with van der Waals surface area (Å²) >= 11 is 0. The van der Waals surface area contributed by atoms with Crippen LogP contribution >= 0.6 is 0 Å². The van der Waals surface area contributed by atoms with Gasteiger partial charge in [0.2, 0.25) is 0 Å². The fourth-order valence-electron chi connectivity index (χ4n) is 1.59. The second-order valence-corrected chi connectivity index (χ2v) is 2.97. The Bertz CT molecular complexity index is 359. The predicted octanol–water partition coefficient (Wildman–Crippen LogP) is 1.21. The molecular formula is C9H8N2O. The largest absolute Gasteiger partial charge is 0.344 e. The molecule has 0 bridgehead atoms. The summed E-state index contributed by atoms with van der Waals surface area (Å²) in [5, 5.41) is 8.45. The molecule has 1 aliphatic heterocycles. The van der Waals surface area contributed by atoms with Crippen molar-refractivity contribution in [3.8, 4) is 6.07 Å². The molecule has 1 aliphatic rings. The summed E-state index contributed by atoms with van der Waals surface area (Å²) in [6, 6.07) is 5.69. The van der Waals surface area contributed by atoms with E-state index in [9.17, 15) is 4.79 Å². The van der Waals surface area contributed by atoms with Crippen LogP contribution in [0, 0.1) is 17.2 Å². The van der Waals surface area contributed by atoms with Gasteiger partial charge in [-0.05, 0) is 12.1 Å². The standard InChI is InChI=1S/C9H8N2O/c10-4-3-7-6-11-5-1-2-8(11)9(7)12/h1-2,5,7H,3,6H2. The van der Waals surface area contributed by atoms with E-state index in [1.165, 1.54) is 0 Å². The van der Waals surface area contributed by atoms with Gasteiger partial charge in [-0.2, -0.15) is 5.26 Å². The van der Waals surface area contributed by atoms with Crippen molar-refractivity contribution in [1.29, 1.82) is 5.26 Å². The third kappa shape index (κ3) is 0.850. The zero-order chi connectivity index (χ0) is 8.55. The average molecular weight is 160 g/mol. The molecule has 12 heavy (non-hydrogen) atoms. The van der Waals surface area contributed by atoms with Gasteiger partial charge in [-0.25, -0.2) is 0 Å². The average Bonchev–Trinajstić information content (AvgIpc) is 2.58. The van der Waals surface area contributed by atoms with Crippen LogP contribution in [-0.2, 0) is 6.54 Å². The lowest BCUT2D eigenvalue weighted by atomic mass is 10.0. The minimum atomic E-state index is -0.105. The number of rotatable bonds is 1. The second-order valence-electron chi connectivity index (χ2n) is 2.97. The molecule has 0 radical (unpaired) electrons. The van der Waals surface area contributed by atoms with E-state index in [0.717, 1.165) is 5.69 Å². The molecule has 0 fully saturated rings. The molecule has 0 N–H and O–H groups in total. The van der Waals surface area contributed by atoms with Gasteiger partial charge in [0.05, 0.1) is 17.7 Å². The number of ketones is 1. The summed E-state index contributed by atoms with van der Waals surface area (Å²) in [6.45, 7) is 0.675. The number of hydrogen-bond donors (Lipinski definition) is 0. The van der Waals surface area contributed by atoms with Crippen LogP contribution in [0.25, 0.3) is 0 Å². The summed E-state index contributed by atoms with van der Waals surface area (Å²) in [4.78, 5) is 11.5. The minimum absolute atomic E-state index is 0.105. The lowest BCUT2D eigenvalue weighted by Crippen LogP contribution is -2.07. The van der Waals surface area contributed by atoms with Gasteiger partial charge in [-0.1, -0.05) is 0 Å². The summed E-state index contributed by atoms with van der Waals surface area (Å²) in [5.74, 6) is 0.00718. The van der Waals surface area contributed by atoms with E-state index in [-0.39, 0.29) is 11.7 Å². The topological polar surface area (TPSA) is 45.8 Å². The Morgan fingerprint density at radius 1 is 1.75 bits per heavy atom. The molecule has 1 aromatic rings. The molecule has 0 saturated carbocycles. The normalized spacial score (nSPS) is 20.6. The molecule has 3 nitrogen and oxygen atoms in total. The number of Topliss-reactive ketones (excluding diaryl/α,β-unsaturated/α-hetero) is 1. The molecule has 0 aromatic carbocycles. The number of nitriles is 1. The van der Waals surface area contributed by atoms with E-state index in [1.54, 1.807) is 6.07 Å². The summed E-state index contributed by atoms with van der Waals surface area (Å²) in [5.41, 5.74) is 0.746. The Labute approximate surface area is 70.2 Å². The Morgan fingerprint density at radius 2 is 2.58 bits per heavy atom. The molecule has 60 valence electrons. The number of hydrogen-bond acceptors (Lipinski definition) is 2. The Hall–Kier alpha value is -1.56. The maximum absolute atomic E-state index is 11.5. The zero-order valence-corrected chi connectivity index (χ0v) is 6.53. The Kier molecular flexibility index (Phi) is 1.47. The van der Waals surface area contributed by atoms with Crippen LogP contribution in [-0.4, -0.2) is 10.4 Å². The van der Waals surface area contributed by atoms with Crippen molar-refractivity contribution in [2.75, 3.05) is 0 Å². The highest BCUT2D eigenvalue weighted by atomic mass is 16.1. The molecule has 1 unspecified atom stereocenters. The van der Waals surface area contributed by atoms with Gasteiger partial charge in [0.1, 0.15) is 0 Å². The van der Waals surface area contributed by atoms with Crippen molar-refractivity contribution in [2.45, 2.75) is 13.0 Å². The Balaban J connectivity index is 2.28. The van der Waals surface area contributed by atoms with Gasteiger partial charge >= 0.3 is 0 Å². The first kappa shape index (κ1) is 7.11. The number of nitrogens with zero attached hydrogens (tertiary/aromatic N) is 2. The molecule has 0 amide bonds. The number of carbonyl (C=O) groups is 1. The monoisotopic (exact) mass is 160 g/mol. The van der Waals surface area contributed by atoms with Crippen LogP contribution < -0.4 is 0 Å². The molecule has 0 aliphatic carbocycles. The fraction of sp³-hybridized carbons (Fsp3) is 0.333. The van der Waals surface area contributed by atoms with Crippen LogP contribution in [0.1, 0.15) is 16.9 Å². The SMILES string of the molecule is N#CCC1Cn2cccc2C1=O. The first-order chi connectivity index (χ1) is 5.83. The van der Waals surface area contributed by atoms with Crippen LogP contribution in [0.5, 0.6) is 0 Å². The number of aromatic nitrogens is 1. The minimum Gasteiger partial charge on any atom is -0.344 e. The second kappa shape index (κ2) is 2.49. The van der Waals surface area contributed by atoms with Gasteiger partial charge in [-0.3, -0.25) is 4.79 Å². The fourth-order valence-corrected chi connectivity index (χ4v) is 1.59. The van der Waals surface area contributed by atoms with Crippen molar-refractivity contribution in [2.24, 2.45) is 5.92 Å². The van der Waals surface area contributed by atoms with E-state index < -0.39 is 0 Å². The van der Waals surface area contributed by atoms with Gasteiger partial charge < -0.3 is 4.57 Å². The van der Waals surface area contributed by atoms with Crippen molar-refractivity contribution in [1.82, 2.24) is 4.57 Å². The van der Waals surface area contributed by atoms with Crippen molar-refractivity contribution >= 4 is 5.78 Å². The highest BCUT2D eigenvalue weighted by Gasteiger charge is 2.29.